The predicted octanol–water partition coefficient (Wildman–Crippen LogP) is 1.46. The molecule has 2 rings (SSSR count). The van der Waals surface area contributed by atoms with E-state index < -0.39 is 5.60 Å². The van der Waals surface area contributed by atoms with Crippen molar-refractivity contribution < 1.29 is 19.1 Å². The van der Waals surface area contributed by atoms with Crippen LogP contribution in [0.2, 0.25) is 0 Å². The summed E-state index contributed by atoms with van der Waals surface area (Å²) in [6.45, 7) is 3.11. The standard InChI is InChI=1S/C13H19NO4/c1-10(15)11-3-4-12(18-11)14(2)9-13(16)5-7-17-8-6-13/h3-4,16H,5-9H2,1-2H3. The summed E-state index contributed by atoms with van der Waals surface area (Å²) in [5.74, 6) is 0.843. The average molecular weight is 253 g/mol. The fraction of sp³-hybridized carbons (Fsp3) is 0.615. The fourth-order valence-corrected chi connectivity index (χ4v) is 2.15. The van der Waals surface area contributed by atoms with Crippen molar-refractivity contribution in [3.8, 4) is 0 Å². The van der Waals surface area contributed by atoms with Crippen molar-refractivity contribution >= 4 is 11.7 Å². The molecule has 0 aromatic carbocycles. The van der Waals surface area contributed by atoms with Crippen LogP contribution in [0.5, 0.6) is 0 Å². The minimum absolute atomic E-state index is 0.0978. The zero-order valence-electron chi connectivity index (χ0n) is 10.8. The third-order valence-electron chi connectivity index (χ3n) is 3.27. The van der Waals surface area contributed by atoms with Gasteiger partial charge in [-0.05, 0) is 6.07 Å². The molecule has 0 radical (unpaired) electrons. The van der Waals surface area contributed by atoms with Crippen LogP contribution in [0.1, 0.15) is 30.3 Å². The number of carbonyl (C=O) groups excluding carboxylic acids is 1. The molecule has 1 aromatic rings. The zero-order chi connectivity index (χ0) is 13.2. The van der Waals surface area contributed by atoms with Crippen LogP contribution in [-0.2, 0) is 4.74 Å². The minimum atomic E-state index is -0.740. The average Bonchev–Trinajstić information content (AvgIpc) is 2.78. The van der Waals surface area contributed by atoms with Crippen LogP contribution in [0.25, 0.3) is 0 Å². The van der Waals surface area contributed by atoms with Gasteiger partial charge in [0.15, 0.2) is 17.4 Å². The summed E-state index contributed by atoms with van der Waals surface area (Å²) in [6, 6.07) is 3.40. The van der Waals surface area contributed by atoms with E-state index in [9.17, 15) is 9.90 Å². The second kappa shape index (κ2) is 5.12. The van der Waals surface area contributed by atoms with Crippen LogP contribution in [0.15, 0.2) is 16.5 Å². The molecule has 5 heteroatoms. The molecule has 0 amide bonds. The summed E-state index contributed by atoms with van der Waals surface area (Å²) < 4.78 is 10.7. The number of Topliss-reactive ketones (excluding diaryl/α,β-unsaturated/α-hetero) is 1. The van der Waals surface area contributed by atoms with E-state index in [1.165, 1.54) is 6.92 Å². The second-order valence-electron chi connectivity index (χ2n) is 4.89. The van der Waals surface area contributed by atoms with Crippen LogP contribution < -0.4 is 4.90 Å². The Morgan fingerprint density at radius 1 is 1.44 bits per heavy atom. The van der Waals surface area contributed by atoms with Crippen molar-refractivity contribution in [2.75, 3.05) is 31.7 Å². The topological polar surface area (TPSA) is 62.9 Å². The number of anilines is 1. The van der Waals surface area contributed by atoms with E-state index in [0.717, 1.165) is 0 Å². The molecule has 5 nitrogen and oxygen atoms in total. The van der Waals surface area contributed by atoms with Gasteiger partial charge in [-0.3, -0.25) is 4.79 Å². The number of hydrogen-bond acceptors (Lipinski definition) is 5. The number of hydrogen-bond donors (Lipinski definition) is 1. The van der Waals surface area contributed by atoms with Crippen LogP contribution in [-0.4, -0.2) is 43.3 Å². The Kier molecular flexibility index (Phi) is 3.73. The van der Waals surface area contributed by atoms with Gasteiger partial charge in [0.1, 0.15) is 0 Å². The summed E-state index contributed by atoms with van der Waals surface area (Å²) in [4.78, 5) is 13.0. The maximum absolute atomic E-state index is 11.2. The summed E-state index contributed by atoms with van der Waals surface area (Å²) in [7, 11) is 1.84. The molecule has 0 aliphatic carbocycles. The van der Waals surface area contributed by atoms with E-state index in [4.69, 9.17) is 9.15 Å². The van der Waals surface area contributed by atoms with Gasteiger partial charge in [-0.25, -0.2) is 0 Å². The SMILES string of the molecule is CC(=O)c1ccc(N(C)CC2(O)CCOCC2)o1. The molecular formula is C13H19NO4. The first kappa shape index (κ1) is 13.1. The third-order valence-corrected chi connectivity index (χ3v) is 3.27. The van der Waals surface area contributed by atoms with Gasteiger partial charge < -0.3 is 19.2 Å². The molecule has 1 aliphatic heterocycles. The monoisotopic (exact) mass is 253 g/mol. The molecule has 0 bridgehead atoms. The van der Waals surface area contributed by atoms with E-state index in [-0.39, 0.29) is 5.78 Å². The molecule has 1 aliphatic rings. The number of carbonyl (C=O) groups is 1. The van der Waals surface area contributed by atoms with Gasteiger partial charge in [0.2, 0.25) is 0 Å². The van der Waals surface area contributed by atoms with Gasteiger partial charge in [-0.1, -0.05) is 0 Å². The van der Waals surface area contributed by atoms with Gasteiger partial charge >= 0.3 is 0 Å². The first-order chi connectivity index (χ1) is 8.50. The van der Waals surface area contributed by atoms with Crippen molar-refractivity contribution in [3.63, 3.8) is 0 Å². The Balaban J connectivity index is 2.01. The predicted molar refractivity (Wildman–Crippen MR) is 67.0 cm³/mol. The lowest BCUT2D eigenvalue weighted by molar-refractivity contribution is -0.0575. The van der Waals surface area contributed by atoms with E-state index in [1.807, 2.05) is 11.9 Å². The van der Waals surface area contributed by atoms with Crippen molar-refractivity contribution in [1.29, 1.82) is 0 Å². The zero-order valence-corrected chi connectivity index (χ0v) is 10.8. The smallest absolute Gasteiger partial charge is 0.196 e. The first-order valence-electron chi connectivity index (χ1n) is 6.12. The normalized spacial score (nSPS) is 18.6. The van der Waals surface area contributed by atoms with Gasteiger partial charge in [-0.2, -0.15) is 0 Å². The van der Waals surface area contributed by atoms with Gasteiger partial charge in [0.05, 0.1) is 5.60 Å². The van der Waals surface area contributed by atoms with E-state index in [0.29, 0.717) is 44.2 Å². The van der Waals surface area contributed by atoms with Crippen molar-refractivity contribution in [2.45, 2.75) is 25.4 Å². The van der Waals surface area contributed by atoms with Crippen LogP contribution in [0, 0.1) is 0 Å². The lowest BCUT2D eigenvalue weighted by Gasteiger charge is -2.35. The molecular weight excluding hydrogens is 234 g/mol. The third kappa shape index (κ3) is 2.91. The van der Waals surface area contributed by atoms with Crippen LogP contribution >= 0.6 is 0 Å². The Hall–Kier alpha value is -1.33. The minimum Gasteiger partial charge on any atom is -0.437 e. The largest absolute Gasteiger partial charge is 0.437 e. The number of nitrogens with zero attached hydrogens (tertiary/aromatic N) is 1. The summed E-state index contributed by atoms with van der Waals surface area (Å²) >= 11 is 0. The Labute approximate surface area is 106 Å². The second-order valence-corrected chi connectivity index (χ2v) is 4.89. The molecule has 1 saturated heterocycles. The molecule has 0 unspecified atom stereocenters. The highest BCUT2D eigenvalue weighted by Gasteiger charge is 2.31. The molecule has 1 fully saturated rings. The molecule has 1 aromatic heterocycles. The lowest BCUT2D eigenvalue weighted by Crippen LogP contribution is -2.45. The van der Waals surface area contributed by atoms with Crippen LogP contribution in [0.4, 0.5) is 5.88 Å². The summed E-state index contributed by atoms with van der Waals surface area (Å²) in [6.07, 6.45) is 1.25. The number of rotatable bonds is 4. The number of likely N-dealkylation sites (N-methyl/N-ethyl adjacent to an activating group) is 1. The molecule has 1 N–H and O–H groups in total. The highest BCUT2D eigenvalue weighted by atomic mass is 16.5. The maximum atomic E-state index is 11.2. The quantitative estimate of drug-likeness (QED) is 0.823. The van der Waals surface area contributed by atoms with Gasteiger partial charge in [0, 0.05) is 52.6 Å². The highest BCUT2D eigenvalue weighted by Crippen LogP contribution is 2.25. The molecule has 100 valence electrons. The van der Waals surface area contributed by atoms with Crippen LogP contribution in [0.3, 0.4) is 0 Å². The first-order valence-corrected chi connectivity index (χ1v) is 6.12. The summed E-state index contributed by atoms with van der Waals surface area (Å²) in [5, 5.41) is 10.4. The Morgan fingerprint density at radius 2 is 2.11 bits per heavy atom. The fourth-order valence-electron chi connectivity index (χ4n) is 2.15. The molecule has 0 atom stereocenters. The van der Waals surface area contributed by atoms with Gasteiger partial charge in [-0.15, -0.1) is 0 Å². The number of furan rings is 1. The highest BCUT2D eigenvalue weighted by molar-refractivity contribution is 5.91. The van der Waals surface area contributed by atoms with Gasteiger partial charge in [0.25, 0.3) is 0 Å². The van der Waals surface area contributed by atoms with E-state index >= 15 is 0 Å². The Bertz CT molecular complexity index is 420. The van der Waals surface area contributed by atoms with E-state index in [2.05, 4.69) is 0 Å². The summed E-state index contributed by atoms with van der Waals surface area (Å²) in [5.41, 5.74) is -0.740. The number of aliphatic hydroxyl groups is 1. The number of ether oxygens (including phenoxy) is 1. The lowest BCUT2D eigenvalue weighted by atomic mass is 9.94. The molecule has 2 heterocycles. The van der Waals surface area contributed by atoms with Crippen molar-refractivity contribution in [2.24, 2.45) is 0 Å². The molecule has 0 saturated carbocycles. The number of ketones is 1. The Morgan fingerprint density at radius 3 is 2.67 bits per heavy atom. The van der Waals surface area contributed by atoms with E-state index in [1.54, 1.807) is 12.1 Å². The van der Waals surface area contributed by atoms with Crippen molar-refractivity contribution in [3.05, 3.63) is 17.9 Å². The maximum Gasteiger partial charge on any atom is 0.196 e. The molecule has 18 heavy (non-hydrogen) atoms. The molecule has 0 spiro atoms. The van der Waals surface area contributed by atoms with Crippen molar-refractivity contribution in [1.82, 2.24) is 0 Å².